The Kier molecular flexibility index (Phi) is 3.46. The SMILES string of the molecule is CC(Nc1ccccc1-c1cccnc1)c1cnc[nH]1. The molecule has 0 saturated heterocycles. The molecule has 4 nitrogen and oxygen atoms in total. The summed E-state index contributed by atoms with van der Waals surface area (Å²) in [7, 11) is 0. The summed E-state index contributed by atoms with van der Waals surface area (Å²) < 4.78 is 0. The third-order valence-corrected chi connectivity index (χ3v) is 3.26. The highest BCUT2D eigenvalue weighted by atomic mass is 15.0. The number of benzene rings is 1. The first-order valence-corrected chi connectivity index (χ1v) is 6.59. The summed E-state index contributed by atoms with van der Waals surface area (Å²) in [5.74, 6) is 0. The van der Waals surface area contributed by atoms with Crippen molar-refractivity contribution in [2.45, 2.75) is 13.0 Å². The van der Waals surface area contributed by atoms with Gasteiger partial charge >= 0.3 is 0 Å². The van der Waals surface area contributed by atoms with Crippen molar-refractivity contribution in [3.63, 3.8) is 0 Å². The zero-order valence-corrected chi connectivity index (χ0v) is 11.2. The van der Waals surface area contributed by atoms with Gasteiger partial charge in [0.2, 0.25) is 0 Å². The number of aromatic nitrogens is 3. The zero-order chi connectivity index (χ0) is 13.8. The normalized spacial score (nSPS) is 12.1. The molecule has 0 spiro atoms. The van der Waals surface area contributed by atoms with Gasteiger partial charge in [0, 0.05) is 35.4 Å². The Labute approximate surface area is 117 Å². The first kappa shape index (κ1) is 12.4. The number of para-hydroxylation sites is 1. The van der Waals surface area contributed by atoms with E-state index >= 15 is 0 Å². The molecule has 4 heteroatoms. The molecule has 0 fully saturated rings. The number of hydrogen-bond donors (Lipinski definition) is 2. The van der Waals surface area contributed by atoms with Crippen LogP contribution in [0.4, 0.5) is 5.69 Å². The predicted molar refractivity (Wildman–Crippen MR) is 80.3 cm³/mol. The molecule has 0 bridgehead atoms. The Hall–Kier alpha value is -2.62. The quantitative estimate of drug-likeness (QED) is 0.756. The van der Waals surface area contributed by atoms with Gasteiger partial charge in [-0.1, -0.05) is 24.3 Å². The van der Waals surface area contributed by atoms with E-state index in [2.05, 4.69) is 45.4 Å². The van der Waals surface area contributed by atoms with E-state index in [0.29, 0.717) is 0 Å². The Morgan fingerprint density at radius 3 is 2.70 bits per heavy atom. The van der Waals surface area contributed by atoms with E-state index in [1.807, 2.05) is 30.6 Å². The lowest BCUT2D eigenvalue weighted by atomic mass is 10.0. The van der Waals surface area contributed by atoms with Crippen LogP contribution in [0.5, 0.6) is 0 Å². The second kappa shape index (κ2) is 5.57. The minimum Gasteiger partial charge on any atom is -0.376 e. The summed E-state index contributed by atoms with van der Waals surface area (Å²) >= 11 is 0. The molecule has 0 saturated carbocycles. The van der Waals surface area contributed by atoms with E-state index in [0.717, 1.165) is 22.5 Å². The van der Waals surface area contributed by atoms with Crippen LogP contribution < -0.4 is 5.32 Å². The molecule has 20 heavy (non-hydrogen) atoms. The van der Waals surface area contributed by atoms with Crippen LogP contribution in [0, 0.1) is 0 Å². The predicted octanol–water partition coefficient (Wildman–Crippen LogP) is 3.64. The van der Waals surface area contributed by atoms with Crippen LogP contribution in [0.2, 0.25) is 0 Å². The Bertz CT molecular complexity index is 662. The number of nitrogens with zero attached hydrogens (tertiary/aromatic N) is 2. The Morgan fingerprint density at radius 2 is 1.95 bits per heavy atom. The van der Waals surface area contributed by atoms with Crippen LogP contribution in [0.15, 0.2) is 61.3 Å². The van der Waals surface area contributed by atoms with Crippen molar-refractivity contribution < 1.29 is 0 Å². The van der Waals surface area contributed by atoms with Crippen molar-refractivity contribution >= 4 is 5.69 Å². The molecule has 3 aromatic rings. The summed E-state index contributed by atoms with van der Waals surface area (Å²) in [6, 6.07) is 12.4. The summed E-state index contributed by atoms with van der Waals surface area (Å²) in [4.78, 5) is 11.4. The van der Waals surface area contributed by atoms with Crippen LogP contribution in [-0.4, -0.2) is 15.0 Å². The topological polar surface area (TPSA) is 53.6 Å². The number of aromatic amines is 1. The van der Waals surface area contributed by atoms with Crippen LogP contribution in [0.25, 0.3) is 11.1 Å². The van der Waals surface area contributed by atoms with E-state index in [4.69, 9.17) is 0 Å². The first-order valence-electron chi connectivity index (χ1n) is 6.59. The van der Waals surface area contributed by atoms with Gasteiger partial charge in [-0.25, -0.2) is 4.98 Å². The lowest BCUT2D eigenvalue weighted by Crippen LogP contribution is -2.07. The van der Waals surface area contributed by atoms with Crippen molar-refractivity contribution in [3.8, 4) is 11.1 Å². The third-order valence-electron chi connectivity index (χ3n) is 3.26. The molecule has 2 heterocycles. The molecule has 0 radical (unpaired) electrons. The summed E-state index contributed by atoms with van der Waals surface area (Å²) in [6.45, 7) is 2.10. The number of nitrogens with one attached hydrogen (secondary N) is 2. The van der Waals surface area contributed by atoms with Crippen LogP contribution >= 0.6 is 0 Å². The second-order valence-corrected chi connectivity index (χ2v) is 4.66. The van der Waals surface area contributed by atoms with Gasteiger partial charge in [-0.3, -0.25) is 4.98 Å². The van der Waals surface area contributed by atoms with Gasteiger partial charge in [-0.2, -0.15) is 0 Å². The third kappa shape index (κ3) is 2.54. The minimum absolute atomic E-state index is 0.162. The molecule has 0 aliphatic heterocycles. The molecule has 2 aromatic heterocycles. The van der Waals surface area contributed by atoms with Gasteiger partial charge in [0.25, 0.3) is 0 Å². The molecule has 0 aliphatic rings. The zero-order valence-electron chi connectivity index (χ0n) is 11.2. The van der Waals surface area contributed by atoms with Gasteiger partial charge in [0.1, 0.15) is 0 Å². The van der Waals surface area contributed by atoms with Crippen molar-refractivity contribution in [2.75, 3.05) is 5.32 Å². The average Bonchev–Trinajstić information content (AvgIpc) is 3.03. The number of H-pyrrole nitrogens is 1. The average molecular weight is 264 g/mol. The lowest BCUT2D eigenvalue weighted by Gasteiger charge is -2.17. The molecule has 1 aromatic carbocycles. The second-order valence-electron chi connectivity index (χ2n) is 4.66. The van der Waals surface area contributed by atoms with Crippen LogP contribution in [0.3, 0.4) is 0 Å². The van der Waals surface area contributed by atoms with Gasteiger partial charge in [-0.15, -0.1) is 0 Å². The number of anilines is 1. The van der Waals surface area contributed by atoms with Gasteiger partial charge in [0.05, 0.1) is 18.1 Å². The number of pyridine rings is 1. The molecular formula is C16H16N4. The summed E-state index contributed by atoms with van der Waals surface area (Å²) in [5.41, 5.74) is 4.40. The first-order chi connectivity index (χ1) is 9.84. The van der Waals surface area contributed by atoms with Gasteiger partial charge in [0.15, 0.2) is 0 Å². The standard InChI is InChI=1S/C16H16N4/c1-12(16-10-18-11-19-16)20-15-7-3-2-6-14(15)13-5-4-8-17-9-13/h2-12,20H,1H3,(H,18,19). The maximum absolute atomic E-state index is 4.19. The fourth-order valence-electron chi connectivity index (χ4n) is 2.20. The molecule has 0 amide bonds. The van der Waals surface area contributed by atoms with Crippen molar-refractivity contribution in [1.29, 1.82) is 0 Å². The number of imidazole rings is 1. The summed E-state index contributed by atoms with van der Waals surface area (Å²) in [5, 5.41) is 3.51. The Balaban J connectivity index is 1.91. The van der Waals surface area contributed by atoms with Gasteiger partial charge < -0.3 is 10.3 Å². The maximum atomic E-state index is 4.19. The van der Waals surface area contributed by atoms with Crippen molar-refractivity contribution in [1.82, 2.24) is 15.0 Å². The highest BCUT2D eigenvalue weighted by Crippen LogP contribution is 2.29. The number of hydrogen-bond acceptors (Lipinski definition) is 3. The molecule has 3 rings (SSSR count). The maximum Gasteiger partial charge on any atom is 0.0922 e. The molecule has 100 valence electrons. The van der Waals surface area contributed by atoms with E-state index < -0.39 is 0 Å². The molecule has 1 unspecified atom stereocenters. The Morgan fingerprint density at radius 1 is 1.05 bits per heavy atom. The van der Waals surface area contributed by atoms with Crippen molar-refractivity contribution in [3.05, 3.63) is 67.0 Å². The largest absolute Gasteiger partial charge is 0.376 e. The lowest BCUT2D eigenvalue weighted by molar-refractivity contribution is 0.850. The monoisotopic (exact) mass is 264 g/mol. The van der Waals surface area contributed by atoms with Crippen molar-refractivity contribution in [2.24, 2.45) is 0 Å². The molecule has 0 aliphatic carbocycles. The molecule has 1 atom stereocenters. The minimum atomic E-state index is 0.162. The smallest absolute Gasteiger partial charge is 0.0922 e. The molecule has 2 N–H and O–H groups in total. The van der Waals surface area contributed by atoms with Crippen LogP contribution in [-0.2, 0) is 0 Å². The van der Waals surface area contributed by atoms with Gasteiger partial charge in [-0.05, 0) is 19.1 Å². The highest BCUT2D eigenvalue weighted by Gasteiger charge is 2.10. The van der Waals surface area contributed by atoms with E-state index in [1.165, 1.54) is 0 Å². The van der Waals surface area contributed by atoms with Crippen LogP contribution in [0.1, 0.15) is 18.7 Å². The van der Waals surface area contributed by atoms with E-state index in [-0.39, 0.29) is 6.04 Å². The highest BCUT2D eigenvalue weighted by molar-refractivity contribution is 5.77. The van der Waals surface area contributed by atoms with E-state index in [1.54, 1.807) is 12.5 Å². The van der Waals surface area contributed by atoms with E-state index in [9.17, 15) is 0 Å². The molecular weight excluding hydrogens is 248 g/mol. The summed E-state index contributed by atoms with van der Waals surface area (Å²) in [6.07, 6.45) is 7.19. The fraction of sp³-hybridized carbons (Fsp3) is 0.125. The fourth-order valence-corrected chi connectivity index (χ4v) is 2.20. The number of rotatable bonds is 4.